The minimum atomic E-state index is -0.115. The smallest absolute Gasteiger partial charge is 0.229 e. The lowest BCUT2D eigenvalue weighted by Gasteiger charge is -2.07. The fourth-order valence-electron chi connectivity index (χ4n) is 1.88. The highest BCUT2D eigenvalue weighted by molar-refractivity contribution is 5.91. The highest BCUT2D eigenvalue weighted by atomic mass is 16.5. The lowest BCUT2D eigenvalue weighted by Crippen LogP contribution is -2.15. The van der Waals surface area contributed by atoms with E-state index in [9.17, 15) is 4.79 Å². The van der Waals surface area contributed by atoms with Crippen molar-refractivity contribution < 1.29 is 9.53 Å². The number of nitrogen functional groups attached to an aromatic ring is 1. The lowest BCUT2D eigenvalue weighted by molar-refractivity contribution is -0.115. The molecular weight excluding hydrogens is 266 g/mol. The first-order valence-corrected chi connectivity index (χ1v) is 6.83. The molecule has 0 bridgehead atoms. The SMILES string of the molecule is CCOc1ccc(CC(=O)Nc2ccc(N)c(C)n2)cc1. The van der Waals surface area contributed by atoms with Crippen molar-refractivity contribution in [2.24, 2.45) is 0 Å². The Morgan fingerprint density at radius 1 is 1.24 bits per heavy atom. The van der Waals surface area contributed by atoms with Crippen molar-refractivity contribution >= 4 is 17.4 Å². The number of nitrogens with two attached hydrogens (primary N) is 1. The van der Waals surface area contributed by atoms with Crippen molar-refractivity contribution in [2.75, 3.05) is 17.7 Å². The van der Waals surface area contributed by atoms with Gasteiger partial charge in [-0.3, -0.25) is 4.79 Å². The Balaban J connectivity index is 1.96. The highest BCUT2D eigenvalue weighted by Crippen LogP contribution is 2.14. The topological polar surface area (TPSA) is 77.2 Å². The van der Waals surface area contributed by atoms with Gasteiger partial charge in [0.15, 0.2) is 0 Å². The van der Waals surface area contributed by atoms with Gasteiger partial charge in [0.25, 0.3) is 0 Å². The largest absolute Gasteiger partial charge is 0.494 e. The molecule has 1 aromatic heterocycles. The zero-order chi connectivity index (χ0) is 15.2. The maximum absolute atomic E-state index is 12.0. The van der Waals surface area contributed by atoms with Crippen LogP contribution in [-0.2, 0) is 11.2 Å². The third-order valence-electron chi connectivity index (χ3n) is 2.99. The Kier molecular flexibility index (Phi) is 4.77. The molecule has 2 rings (SSSR count). The molecule has 5 nitrogen and oxygen atoms in total. The van der Waals surface area contributed by atoms with Crippen LogP contribution in [0, 0.1) is 6.92 Å². The van der Waals surface area contributed by atoms with Gasteiger partial charge < -0.3 is 15.8 Å². The van der Waals surface area contributed by atoms with Crippen LogP contribution in [0.1, 0.15) is 18.2 Å². The third-order valence-corrected chi connectivity index (χ3v) is 2.99. The van der Waals surface area contributed by atoms with Gasteiger partial charge in [-0.2, -0.15) is 0 Å². The molecule has 3 N–H and O–H groups in total. The molecule has 1 heterocycles. The number of ether oxygens (including phenoxy) is 1. The fraction of sp³-hybridized carbons (Fsp3) is 0.250. The van der Waals surface area contributed by atoms with E-state index >= 15 is 0 Å². The second-order valence-corrected chi connectivity index (χ2v) is 4.67. The Morgan fingerprint density at radius 3 is 2.57 bits per heavy atom. The molecule has 0 saturated heterocycles. The van der Waals surface area contributed by atoms with E-state index in [1.807, 2.05) is 31.2 Å². The minimum Gasteiger partial charge on any atom is -0.494 e. The summed E-state index contributed by atoms with van der Waals surface area (Å²) in [6, 6.07) is 10.9. The summed E-state index contributed by atoms with van der Waals surface area (Å²) < 4.78 is 5.36. The zero-order valence-corrected chi connectivity index (χ0v) is 12.2. The van der Waals surface area contributed by atoms with Gasteiger partial charge in [-0.1, -0.05) is 12.1 Å². The standard InChI is InChI=1S/C16H19N3O2/c1-3-21-13-6-4-12(5-7-13)10-16(20)19-15-9-8-14(17)11(2)18-15/h4-9H,3,10,17H2,1-2H3,(H,18,19,20). The Bertz CT molecular complexity index is 624. The molecule has 0 aliphatic heterocycles. The van der Waals surface area contributed by atoms with Crippen LogP contribution in [0.15, 0.2) is 36.4 Å². The first kappa shape index (κ1) is 14.8. The van der Waals surface area contributed by atoms with Crippen molar-refractivity contribution in [3.63, 3.8) is 0 Å². The molecule has 0 spiro atoms. The second kappa shape index (κ2) is 6.74. The number of pyridine rings is 1. The van der Waals surface area contributed by atoms with E-state index in [0.717, 1.165) is 11.3 Å². The van der Waals surface area contributed by atoms with Gasteiger partial charge >= 0.3 is 0 Å². The van der Waals surface area contributed by atoms with Crippen LogP contribution >= 0.6 is 0 Å². The number of aryl methyl sites for hydroxylation is 1. The quantitative estimate of drug-likeness (QED) is 0.885. The second-order valence-electron chi connectivity index (χ2n) is 4.67. The summed E-state index contributed by atoms with van der Waals surface area (Å²) >= 11 is 0. The number of benzene rings is 1. The number of carbonyl (C=O) groups is 1. The molecule has 21 heavy (non-hydrogen) atoms. The summed E-state index contributed by atoms with van der Waals surface area (Å²) in [6.07, 6.45) is 0.289. The molecule has 0 fully saturated rings. The molecular formula is C16H19N3O2. The van der Waals surface area contributed by atoms with E-state index < -0.39 is 0 Å². The Morgan fingerprint density at radius 2 is 1.95 bits per heavy atom. The number of aromatic nitrogens is 1. The predicted molar refractivity (Wildman–Crippen MR) is 83.3 cm³/mol. The van der Waals surface area contributed by atoms with E-state index in [4.69, 9.17) is 10.5 Å². The first-order valence-electron chi connectivity index (χ1n) is 6.83. The maximum Gasteiger partial charge on any atom is 0.229 e. The first-order chi connectivity index (χ1) is 10.1. The molecule has 0 atom stereocenters. The van der Waals surface area contributed by atoms with Gasteiger partial charge in [0.1, 0.15) is 11.6 Å². The normalized spacial score (nSPS) is 10.2. The minimum absolute atomic E-state index is 0.115. The van der Waals surface area contributed by atoms with Gasteiger partial charge in [-0.25, -0.2) is 4.98 Å². The highest BCUT2D eigenvalue weighted by Gasteiger charge is 2.06. The Labute approximate surface area is 124 Å². The molecule has 5 heteroatoms. The van der Waals surface area contributed by atoms with E-state index in [2.05, 4.69) is 10.3 Å². The average molecular weight is 285 g/mol. The molecule has 0 aliphatic rings. The molecule has 0 saturated carbocycles. The van der Waals surface area contributed by atoms with E-state index in [0.29, 0.717) is 23.8 Å². The molecule has 0 aliphatic carbocycles. The van der Waals surface area contributed by atoms with Crippen molar-refractivity contribution in [3.05, 3.63) is 47.7 Å². The number of anilines is 2. The van der Waals surface area contributed by atoms with E-state index in [1.54, 1.807) is 19.1 Å². The summed E-state index contributed by atoms with van der Waals surface area (Å²) in [5.41, 5.74) is 7.93. The van der Waals surface area contributed by atoms with Crippen molar-refractivity contribution in [3.8, 4) is 5.75 Å². The summed E-state index contributed by atoms with van der Waals surface area (Å²) in [5.74, 6) is 1.20. The predicted octanol–water partition coefficient (Wildman–Crippen LogP) is 2.55. The number of amides is 1. The maximum atomic E-state index is 12.0. The average Bonchev–Trinajstić information content (AvgIpc) is 2.45. The van der Waals surface area contributed by atoms with Gasteiger partial charge in [-0.05, 0) is 43.7 Å². The van der Waals surface area contributed by atoms with Crippen LogP contribution in [0.4, 0.5) is 11.5 Å². The number of nitrogens with one attached hydrogen (secondary N) is 1. The number of nitrogens with zero attached hydrogens (tertiary/aromatic N) is 1. The van der Waals surface area contributed by atoms with Gasteiger partial charge in [0.05, 0.1) is 24.4 Å². The van der Waals surface area contributed by atoms with Crippen molar-refractivity contribution in [1.29, 1.82) is 0 Å². The zero-order valence-electron chi connectivity index (χ0n) is 12.2. The van der Waals surface area contributed by atoms with Crippen LogP contribution in [0.2, 0.25) is 0 Å². The number of rotatable bonds is 5. The van der Waals surface area contributed by atoms with Crippen LogP contribution in [0.25, 0.3) is 0 Å². The van der Waals surface area contributed by atoms with Crippen LogP contribution in [-0.4, -0.2) is 17.5 Å². The number of hydrogen-bond donors (Lipinski definition) is 2. The monoisotopic (exact) mass is 285 g/mol. The molecule has 2 aromatic rings. The number of carbonyl (C=O) groups excluding carboxylic acids is 1. The van der Waals surface area contributed by atoms with Gasteiger partial charge in [0, 0.05) is 0 Å². The summed E-state index contributed by atoms with van der Waals surface area (Å²) in [4.78, 5) is 16.2. The van der Waals surface area contributed by atoms with Crippen LogP contribution < -0.4 is 15.8 Å². The van der Waals surface area contributed by atoms with E-state index in [-0.39, 0.29) is 12.3 Å². The third kappa shape index (κ3) is 4.21. The van der Waals surface area contributed by atoms with Crippen molar-refractivity contribution in [2.45, 2.75) is 20.3 Å². The summed E-state index contributed by atoms with van der Waals surface area (Å²) in [5, 5.41) is 2.76. The Hall–Kier alpha value is -2.56. The molecule has 1 amide bonds. The van der Waals surface area contributed by atoms with Gasteiger partial charge in [0.2, 0.25) is 5.91 Å². The van der Waals surface area contributed by atoms with Crippen LogP contribution in [0.3, 0.4) is 0 Å². The van der Waals surface area contributed by atoms with E-state index in [1.165, 1.54) is 0 Å². The van der Waals surface area contributed by atoms with Crippen LogP contribution in [0.5, 0.6) is 5.75 Å². The fourth-order valence-corrected chi connectivity index (χ4v) is 1.88. The summed E-state index contributed by atoms with van der Waals surface area (Å²) in [6.45, 7) is 4.36. The summed E-state index contributed by atoms with van der Waals surface area (Å²) in [7, 11) is 0. The van der Waals surface area contributed by atoms with Gasteiger partial charge in [-0.15, -0.1) is 0 Å². The van der Waals surface area contributed by atoms with Crippen molar-refractivity contribution in [1.82, 2.24) is 4.98 Å². The number of hydrogen-bond acceptors (Lipinski definition) is 4. The molecule has 0 unspecified atom stereocenters. The molecule has 0 radical (unpaired) electrons. The molecule has 110 valence electrons. The lowest BCUT2D eigenvalue weighted by atomic mass is 10.1. The molecule has 1 aromatic carbocycles.